The van der Waals surface area contributed by atoms with Gasteiger partial charge < -0.3 is 10.1 Å². The first-order valence-electron chi connectivity index (χ1n) is 8.35. The molecule has 0 saturated carbocycles. The van der Waals surface area contributed by atoms with Crippen molar-refractivity contribution in [3.8, 4) is 0 Å². The summed E-state index contributed by atoms with van der Waals surface area (Å²) >= 11 is 0. The highest BCUT2D eigenvalue weighted by Crippen LogP contribution is 2.12. The first kappa shape index (κ1) is 17.5. The highest BCUT2D eigenvalue weighted by molar-refractivity contribution is 6.02. The molecule has 0 aliphatic carbocycles. The van der Waals surface area contributed by atoms with Crippen molar-refractivity contribution < 1.29 is 14.3 Å². The van der Waals surface area contributed by atoms with Gasteiger partial charge in [0.2, 0.25) is 5.82 Å². The quantitative estimate of drug-likeness (QED) is 0.540. The van der Waals surface area contributed by atoms with E-state index in [0.717, 1.165) is 18.5 Å². The van der Waals surface area contributed by atoms with E-state index in [0.29, 0.717) is 23.6 Å². The standard InChI is InChI=1S/C18H19N5O3/c1-3-4-11-26-17(25)13-5-7-14(8-6-13)20-16(24)15-21-18-19-10-9-12(2)23(18)22-15/h5-10H,3-4,11H2,1-2H3,(H,20,24). The van der Waals surface area contributed by atoms with Crippen molar-refractivity contribution in [2.24, 2.45) is 0 Å². The van der Waals surface area contributed by atoms with Crippen molar-refractivity contribution in [3.05, 3.63) is 53.6 Å². The number of hydrogen-bond donors (Lipinski definition) is 1. The summed E-state index contributed by atoms with van der Waals surface area (Å²) in [5.74, 6) is -0.441. The Morgan fingerprint density at radius 3 is 2.65 bits per heavy atom. The lowest BCUT2D eigenvalue weighted by atomic mass is 10.2. The maximum atomic E-state index is 12.3. The molecular weight excluding hydrogens is 334 g/mol. The number of esters is 1. The van der Waals surface area contributed by atoms with E-state index in [4.69, 9.17) is 4.74 Å². The average molecular weight is 353 g/mol. The molecule has 8 heteroatoms. The monoisotopic (exact) mass is 353 g/mol. The second kappa shape index (κ2) is 7.73. The largest absolute Gasteiger partial charge is 0.462 e. The molecule has 0 aliphatic heterocycles. The minimum Gasteiger partial charge on any atom is -0.462 e. The number of benzene rings is 1. The number of anilines is 1. The molecule has 1 aromatic carbocycles. The highest BCUT2D eigenvalue weighted by Gasteiger charge is 2.15. The lowest BCUT2D eigenvalue weighted by Gasteiger charge is -2.06. The van der Waals surface area contributed by atoms with Crippen molar-refractivity contribution >= 4 is 23.3 Å². The number of amides is 1. The first-order valence-corrected chi connectivity index (χ1v) is 8.35. The smallest absolute Gasteiger partial charge is 0.338 e. The first-order chi connectivity index (χ1) is 12.6. The molecule has 2 aromatic heterocycles. The van der Waals surface area contributed by atoms with Gasteiger partial charge in [-0.25, -0.2) is 14.3 Å². The number of rotatable bonds is 6. The van der Waals surface area contributed by atoms with Gasteiger partial charge in [0.15, 0.2) is 0 Å². The van der Waals surface area contributed by atoms with Gasteiger partial charge in [0.1, 0.15) is 0 Å². The summed E-state index contributed by atoms with van der Waals surface area (Å²) in [4.78, 5) is 32.4. The van der Waals surface area contributed by atoms with Crippen LogP contribution in [0.3, 0.4) is 0 Å². The summed E-state index contributed by atoms with van der Waals surface area (Å²) in [6.45, 7) is 4.28. The number of carbonyl (C=O) groups is 2. The van der Waals surface area contributed by atoms with Gasteiger partial charge in [0, 0.05) is 17.6 Å². The van der Waals surface area contributed by atoms with Crippen molar-refractivity contribution in [2.45, 2.75) is 26.7 Å². The molecule has 8 nitrogen and oxygen atoms in total. The van der Waals surface area contributed by atoms with Gasteiger partial charge in [-0.05, 0) is 43.7 Å². The van der Waals surface area contributed by atoms with Crippen LogP contribution >= 0.6 is 0 Å². The predicted molar refractivity (Wildman–Crippen MR) is 95.1 cm³/mol. The van der Waals surface area contributed by atoms with Gasteiger partial charge in [-0.2, -0.15) is 4.98 Å². The summed E-state index contributed by atoms with van der Waals surface area (Å²) in [5, 5.41) is 6.85. The molecule has 134 valence electrons. The molecule has 3 aromatic rings. The van der Waals surface area contributed by atoms with Crippen LogP contribution in [0.25, 0.3) is 5.78 Å². The minimum atomic E-state index is -0.451. The van der Waals surface area contributed by atoms with Gasteiger partial charge in [-0.1, -0.05) is 13.3 Å². The van der Waals surface area contributed by atoms with Crippen molar-refractivity contribution in [1.82, 2.24) is 19.6 Å². The minimum absolute atomic E-state index is 0.0230. The molecule has 0 atom stereocenters. The third kappa shape index (κ3) is 3.85. The topological polar surface area (TPSA) is 98.5 Å². The molecular formula is C18H19N5O3. The van der Waals surface area contributed by atoms with Crippen LogP contribution in [-0.2, 0) is 4.74 Å². The number of aromatic nitrogens is 4. The van der Waals surface area contributed by atoms with Crippen LogP contribution < -0.4 is 5.32 Å². The highest BCUT2D eigenvalue weighted by atomic mass is 16.5. The van der Waals surface area contributed by atoms with E-state index in [2.05, 4.69) is 20.4 Å². The Balaban J connectivity index is 1.67. The maximum Gasteiger partial charge on any atom is 0.338 e. The fraction of sp³-hybridized carbons (Fsp3) is 0.278. The van der Waals surface area contributed by atoms with Gasteiger partial charge in [0.25, 0.3) is 11.7 Å². The molecule has 1 amide bonds. The Hall–Kier alpha value is -3.29. The number of nitrogens with zero attached hydrogens (tertiary/aromatic N) is 4. The SMILES string of the molecule is CCCCOC(=O)c1ccc(NC(=O)c2nc3nccc(C)n3n2)cc1. The lowest BCUT2D eigenvalue weighted by Crippen LogP contribution is -2.14. The van der Waals surface area contributed by atoms with E-state index in [1.54, 1.807) is 36.5 Å². The molecule has 0 bridgehead atoms. The summed E-state index contributed by atoms with van der Waals surface area (Å²) in [6, 6.07) is 8.25. The van der Waals surface area contributed by atoms with Crippen LogP contribution in [0, 0.1) is 6.92 Å². The molecule has 0 spiro atoms. The molecule has 3 rings (SSSR count). The van der Waals surface area contributed by atoms with E-state index in [1.807, 2.05) is 13.8 Å². The van der Waals surface area contributed by atoms with E-state index in [-0.39, 0.29) is 11.8 Å². The summed E-state index contributed by atoms with van der Waals surface area (Å²) in [7, 11) is 0. The maximum absolute atomic E-state index is 12.3. The van der Waals surface area contributed by atoms with E-state index >= 15 is 0 Å². The third-order valence-electron chi connectivity index (χ3n) is 3.74. The van der Waals surface area contributed by atoms with Gasteiger partial charge in [-0.15, -0.1) is 5.10 Å². The summed E-state index contributed by atoms with van der Waals surface area (Å²) in [5.41, 5.74) is 1.79. The second-order valence-electron chi connectivity index (χ2n) is 5.75. The predicted octanol–water partition coefficient (Wildman–Crippen LogP) is 2.64. The van der Waals surface area contributed by atoms with E-state index < -0.39 is 5.91 Å². The molecule has 26 heavy (non-hydrogen) atoms. The Bertz CT molecular complexity index is 934. The third-order valence-corrected chi connectivity index (χ3v) is 3.74. The van der Waals surface area contributed by atoms with Crippen molar-refractivity contribution in [1.29, 1.82) is 0 Å². The summed E-state index contributed by atoms with van der Waals surface area (Å²) in [6.07, 6.45) is 3.41. The van der Waals surface area contributed by atoms with Crippen LogP contribution in [0.4, 0.5) is 5.69 Å². The van der Waals surface area contributed by atoms with Crippen LogP contribution in [0.2, 0.25) is 0 Å². The average Bonchev–Trinajstić information content (AvgIpc) is 3.08. The zero-order valence-corrected chi connectivity index (χ0v) is 14.6. The molecule has 0 radical (unpaired) electrons. The Labute approximate surface area is 150 Å². The zero-order valence-electron chi connectivity index (χ0n) is 14.6. The number of nitrogens with one attached hydrogen (secondary N) is 1. The number of ether oxygens (including phenoxy) is 1. The molecule has 0 fully saturated rings. The number of fused-ring (bicyclic) bond motifs is 1. The van der Waals surface area contributed by atoms with Gasteiger partial charge >= 0.3 is 5.97 Å². The molecule has 0 aliphatic rings. The van der Waals surface area contributed by atoms with E-state index in [1.165, 1.54) is 4.52 Å². The zero-order chi connectivity index (χ0) is 18.5. The number of hydrogen-bond acceptors (Lipinski definition) is 6. The number of aryl methyl sites for hydroxylation is 1. The number of carbonyl (C=O) groups excluding carboxylic acids is 2. The van der Waals surface area contributed by atoms with Crippen LogP contribution in [0.15, 0.2) is 36.5 Å². The molecule has 2 heterocycles. The van der Waals surface area contributed by atoms with Crippen LogP contribution in [0.5, 0.6) is 0 Å². The lowest BCUT2D eigenvalue weighted by molar-refractivity contribution is 0.0499. The molecule has 1 N–H and O–H groups in total. The van der Waals surface area contributed by atoms with Crippen molar-refractivity contribution in [2.75, 3.05) is 11.9 Å². The second-order valence-corrected chi connectivity index (χ2v) is 5.75. The summed E-state index contributed by atoms with van der Waals surface area (Å²) < 4.78 is 6.65. The Morgan fingerprint density at radius 1 is 1.19 bits per heavy atom. The fourth-order valence-corrected chi connectivity index (χ4v) is 2.27. The Kier molecular flexibility index (Phi) is 5.21. The molecule has 0 unspecified atom stereocenters. The van der Waals surface area contributed by atoms with Gasteiger partial charge in [0.05, 0.1) is 12.2 Å². The van der Waals surface area contributed by atoms with Crippen molar-refractivity contribution in [3.63, 3.8) is 0 Å². The van der Waals surface area contributed by atoms with E-state index in [9.17, 15) is 9.59 Å². The Morgan fingerprint density at radius 2 is 1.96 bits per heavy atom. The van der Waals surface area contributed by atoms with Crippen LogP contribution in [-0.4, -0.2) is 38.1 Å². The van der Waals surface area contributed by atoms with Gasteiger partial charge in [-0.3, -0.25) is 4.79 Å². The van der Waals surface area contributed by atoms with Crippen LogP contribution in [0.1, 0.15) is 46.4 Å². The normalized spacial score (nSPS) is 10.7. The fourth-order valence-electron chi connectivity index (χ4n) is 2.27. The molecule has 0 saturated heterocycles. The number of unbranched alkanes of at least 4 members (excludes halogenated alkanes) is 1.